The van der Waals surface area contributed by atoms with Gasteiger partial charge in [-0.25, -0.2) is 9.97 Å². The Kier molecular flexibility index (Phi) is 2.73. The van der Waals surface area contributed by atoms with E-state index in [9.17, 15) is 0 Å². The molecule has 1 atom stereocenters. The van der Waals surface area contributed by atoms with Crippen molar-refractivity contribution in [2.24, 2.45) is 7.05 Å². The van der Waals surface area contributed by atoms with Crippen molar-refractivity contribution in [1.29, 1.82) is 0 Å². The number of nitrogens with zero attached hydrogens (tertiary/aromatic N) is 4. The predicted molar refractivity (Wildman–Crippen MR) is 79.4 cm³/mol. The standard InChI is InChI=1S/C15H15N5O/c1-20-15-12(8-19-20)14(17-9-18-15)16-7-11-6-10-4-2-3-5-13(10)21-11/h2-5,8-9,11H,6-7H2,1H3,(H,16,17,18)/t11-/m1/s1. The third kappa shape index (κ3) is 2.08. The maximum absolute atomic E-state index is 5.92. The molecule has 0 saturated heterocycles. The van der Waals surface area contributed by atoms with Crippen molar-refractivity contribution in [1.82, 2.24) is 19.7 Å². The Morgan fingerprint density at radius 2 is 2.24 bits per heavy atom. The molecule has 0 aliphatic carbocycles. The van der Waals surface area contributed by atoms with Gasteiger partial charge in [-0.2, -0.15) is 5.10 Å². The zero-order chi connectivity index (χ0) is 14.2. The van der Waals surface area contributed by atoms with Crippen LogP contribution >= 0.6 is 0 Å². The highest BCUT2D eigenvalue weighted by atomic mass is 16.5. The highest BCUT2D eigenvalue weighted by Gasteiger charge is 2.22. The van der Waals surface area contributed by atoms with Crippen molar-refractivity contribution < 1.29 is 4.74 Å². The SMILES string of the molecule is Cn1ncc2c(NC[C@H]3Cc4ccccc4O3)ncnc21. The number of hydrogen-bond acceptors (Lipinski definition) is 5. The van der Waals surface area contributed by atoms with Gasteiger partial charge >= 0.3 is 0 Å². The van der Waals surface area contributed by atoms with Crippen LogP contribution in [0.1, 0.15) is 5.56 Å². The van der Waals surface area contributed by atoms with Crippen LogP contribution in [0.15, 0.2) is 36.8 Å². The molecule has 0 bridgehead atoms. The summed E-state index contributed by atoms with van der Waals surface area (Å²) >= 11 is 0. The second kappa shape index (κ2) is 4.73. The van der Waals surface area contributed by atoms with Crippen molar-refractivity contribution in [3.8, 4) is 5.75 Å². The summed E-state index contributed by atoms with van der Waals surface area (Å²) in [7, 11) is 1.87. The molecule has 0 spiro atoms. The Bertz CT molecular complexity index is 773. The van der Waals surface area contributed by atoms with Crippen molar-refractivity contribution >= 4 is 16.9 Å². The van der Waals surface area contributed by atoms with Crippen LogP contribution in [-0.2, 0) is 13.5 Å². The molecule has 0 fully saturated rings. The van der Waals surface area contributed by atoms with Crippen LogP contribution in [0.25, 0.3) is 11.0 Å². The number of benzene rings is 1. The van der Waals surface area contributed by atoms with Gasteiger partial charge in [-0.15, -0.1) is 0 Å². The molecular formula is C15H15N5O. The fraction of sp³-hybridized carbons (Fsp3) is 0.267. The zero-order valence-electron chi connectivity index (χ0n) is 11.7. The smallest absolute Gasteiger partial charge is 0.163 e. The van der Waals surface area contributed by atoms with Gasteiger partial charge in [0.2, 0.25) is 0 Å². The first-order valence-electron chi connectivity index (χ1n) is 6.92. The molecule has 1 aliphatic heterocycles. The van der Waals surface area contributed by atoms with Gasteiger partial charge in [-0.05, 0) is 11.6 Å². The number of rotatable bonds is 3. The third-order valence-electron chi connectivity index (χ3n) is 3.74. The summed E-state index contributed by atoms with van der Waals surface area (Å²) < 4.78 is 7.66. The first-order valence-corrected chi connectivity index (χ1v) is 6.92. The Morgan fingerprint density at radius 3 is 3.14 bits per heavy atom. The van der Waals surface area contributed by atoms with E-state index in [4.69, 9.17) is 4.74 Å². The van der Waals surface area contributed by atoms with E-state index in [2.05, 4.69) is 26.4 Å². The second-order valence-corrected chi connectivity index (χ2v) is 5.16. The largest absolute Gasteiger partial charge is 0.488 e. The van der Waals surface area contributed by atoms with Gasteiger partial charge in [0.05, 0.1) is 18.1 Å². The lowest BCUT2D eigenvalue weighted by atomic mass is 10.1. The lowest BCUT2D eigenvalue weighted by molar-refractivity contribution is 0.246. The summed E-state index contributed by atoms with van der Waals surface area (Å²) in [6.45, 7) is 0.704. The average Bonchev–Trinajstić information content (AvgIpc) is 3.09. The molecule has 3 heterocycles. The monoisotopic (exact) mass is 281 g/mol. The summed E-state index contributed by atoms with van der Waals surface area (Å²) in [6.07, 6.45) is 4.38. The minimum Gasteiger partial charge on any atom is -0.488 e. The number of para-hydroxylation sites is 1. The molecule has 21 heavy (non-hydrogen) atoms. The van der Waals surface area contributed by atoms with Gasteiger partial charge in [-0.3, -0.25) is 4.68 Å². The maximum Gasteiger partial charge on any atom is 0.163 e. The van der Waals surface area contributed by atoms with E-state index in [1.54, 1.807) is 17.2 Å². The molecule has 0 amide bonds. The van der Waals surface area contributed by atoms with Gasteiger partial charge in [0.1, 0.15) is 24.0 Å². The van der Waals surface area contributed by atoms with E-state index in [0.29, 0.717) is 6.54 Å². The fourth-order valence-corrected chi connectivity index (χ4v) is 2.68. The molecule has 106 valence electrons. The highest BCUT2D eigenvalue weighted by molar-refractivity contribution is 5.85. The normalized spacial score (nSPS) is 16.7. The quantitative estimate of drug-likeness (QED) is 0.792. The van der Waals surface area contributed by atoms with Crippen LogP contribution in [0, 0.1) is 0 Å². The Morgan fingerprint density at radius 1 is 1.33 bits per heavy atom. The van der Waals surface area contributed by atoms with Crippen LogP contribution in [0.2, 0.25) is 0 Å². The number of hydrogen-bond donors (Lipinski definition) is 1. The number of ether oxygens (including phenoxy) is 1. The van der Waals surface area contributed by atoms with E-state index < -0.39 is 0 Å². The van der Waals surface area contributed by atoms with Crippen molar-refractivity contribution in [2.45, 2.75) is 12.5 Å². The van der Waals surface area contributed by atoms with Crippen LogP contribution in [0.3, 0.4) is 0 Å². The first kappa shape index (κ1) is 12.1. The molecule has 4 rings (SSSR count). The average molecular weight is 281 g/mol. The minimum absolute atomic E-state index is 0.129. The number of aromatic nitrogens is 4. The van der Waals surface area contributed by atoms with Gasteiger partial charge in [-0.1, -0.05) is 18.2 Å². The molecule has 2 aromatic heterocycles. The fourth-order valence-electron chi connectivity index (χ4n) is 2.68. The molecule has 6 heteroatoms. The maximum atomic E-state index is 5.92. The van der Waals surface area contributed by atoms with E-state index in [0.717, 1.165) is 29.0 Å². The molecule has 6 nitrogen and oxygen atoms in total. The number of fused-ring (bicyclic) bond motifs is 2. The van der Waals surface area contributed by atoms with Gasteiger partial charge in [0.25, 0.3) is 0 Å². The summed E-state index contributed by atoms with van der Waals surface area (Å²) in [4.78, 5) is 8.53. The molecule has 1 aromatic carbocycles. The molecule has 1 aliphatic rings. The molecule has 3 aromatic rings. The molecule has 0 unspecified atom stereocenters. The van der Waals surface area contributed by atoms with E-state index in [-0.39, 0.29) is 6.10 Å². The van der Waals surface area contributed by atoms with Crippen LogP contribution < -0.4 is 10.1 Å². The van der Waals surface area contributed by atoms with Crippen molar-refractivity contribution in [3.05, 3.63) is 42.4 Å². The predicted octanol–water partition coefficient (Wildman–Crippen LogP) is 1.78. The van der Waals surface area contributed by atoms with Crippen LogP contribution in [0.5, 0.6) is 5.75 Å². The van der Waals surface area contributed by atoms with E-state index in [1.807, 2.05) is 25.2 Å². The third-order valence-corrected chi connectivity index (χ3v) is 3.74. The Hall–Kier alpha value is -2.63. The lowest BCUT2D eigenvalue weighted by Gasteiger charge is -2.12. The van der Waals surface area contributed by atoms with Crippen molar-refractivity contribution in [2.75, 3.05) is 11.9 Å². The van der Waals surface area contributed by atoms with Gasteiger partial charge in [0, 0.05) is 13.5 Å². The summed E-state index contributed by atoms with van der Waals surface area (Å²) in [5.74, 6) is 1.78. The molecule has 0 radical (unpaired) electrons. The summed E-state index contributed by atoms with van der Waals surface area (Å²) in [6, 6.07) is 8.17. The van der Waals surface area contributed by atoms with Crippen LogP contribution in [-0.4, -0.2) is 32.4 Å². The Balaban J connectivity index is 1.50. The number of aryl methyl sites for hydroxylation is 1. The van der Waals surface area contributed by atoms with Crippen molar-refractivity contribution in [3.63, 3.8) is 0 Å². The topological polar surface area (TPSA) is 64.9 Å². The Labute approximate surface area is 121 Å². The second-order valence-electron chi connectivity index (χ2n) is 5.16. The molecule has 1 N–H and O–H groups in total. The highest BCUT2D eigenvalue weighted by Crippen LogP contribution is 2.28. The van der Waals surface area contributed by atoms with E-state index >= 15 is 0 Å². The summed E-state index contributed by atoms with van der Waals surface area (Å²) in [5.41, 5.74) is 2.08. The number of anilines is 1. The van der Waals surface area contributed by atoms with Crippen LogP contribution in [0.4, 0.5) is 5.82 Å². The van der Waals surface area contributed by atoms with Gasteiger partial charge < -0.3 is 10.1 Å². The molecular weight excluding hydrogens is 266 g/mol. The lowest BCUT2D eigenvalue weighted by Crippen LogP contribution is -2.24. The van der Waals surface area contributed by atoms with Gasteiger partial charge in [0.15, 0.2) is 5.65 Å². The van der Waals surface area contributed by atoms with E-state index in [1.165, 1.54) is 5.56 Å². The minimum atomic E-state index is 0.129. The number of nitrogens with one attached hydrogen (secondary N) is 1. The molecule has 0 saturated carbocycles. The first-order chi connectivity index (χ1) is 10.3. The summed E-state index contributed by atoms with van der Waals surface area (Å²) in [5, 5.41) is 8.49. The zero-order valence-corrected chi connectivity index (χ0v) is 11.7.